The van der Waals surface area contributed by atoms with Crippen molar-refractivity contribution in [2.45, 2.75) is 31.5 Å². The Morgan fingerprint density at radius 1 is 1.24 bits per heavy atom. The molecular formula is C20H16ClF3N4O. The van der Waals surface area contributed by atoms with Gasteiger partial charge in [0.2, 0.25) is 0 Å². The summed E-state index contributed by atoms with van der Waals surface area (Å²) < 4.78 is 40.9. The number of aromatic nitrogens is 2. The number of hydrogen-bond donors (Lipinski definition) is 2. The van der Waals surface area contributed by atoms with Gasteiger partial charge in [0.1, 0.15) is 5.69 Å². The third-order valence-electron chi connectivity index (χ3n) is 4.77. The first-order valence-electron chi connectivity index (χ1n) is 8.92. The zero-order chi connectivity index (χ0) is 20.8. The Balaban J connectivity index is 1.69. The molecule has 2 heterocycles. The van der Waals surface area contributed by atoms with Crippen LogP contribution in [0.5, 0.6) is 0 Å². The molecule has 150 valence electrons. The summed E-state index contributed by atoms with van der Waals surface area (Å²) in [4.78, 5) is 20.5. The molecule has 9 heteroatoms. The summed E-state index contributed by atoms with van der Waals surface area (Å²) in [7, 11) is 0. The quantitative estimate of drug-likeness (QED) is 0.641. The maximum atomic E-state index is 13.6. The number of hydrogen-bond acceptors (Lipinski definition) is 4. The number of benzene rings is 1. The lowest BCUT2D eigenvalue weighted by Gasteiger charge is -2.15. The lowest BCUT2D eigenvalue weighted by molar-refractivity contribution is -0.136. The van der Waals surface area contributed by atoms with E-state index < -0.39 is 17.6 Å². The second kappa shape index (κ2) is 7.18. The number of nitrogen functional groups attached to an aromatic ring is 1. The Bertz CT molecular complexity index is 1100. The standard InChI is InChI=1S/C20H16ClF3N4O/c21-12-3-4-13(26-8-12)9-27-19(29)17-7-16(25)14-5-11(10-1-2-10)6-15(18(14)28-17)20(22,23)24/h3-8,10H,1-2,9H2,(H2,25,28)(H,27,29). The monoisotopic (exact) mass is 420 g/mol. The van der Waals surface area contributed by atoms with E-state index in [1.807, 2.05) is 0 Å². The Hall–Kier alpha value is -2.87. The van der Waals surface area contributed by atoms with Gasteiger partial charge in [0.25, 0.3) is 5.91 Å². The third kappa shape index (κ3) is 4.12. The van der Waals surface area contributed by atoms with Crippen molar-refractivity contribution in [3.8, 4) is 0 Å². The SMILES string of the molecule is Nc1cc(C(=O)NCc2ccc(Cl)cn2)nc2c(C(F)(F)F)cc(C3CC3)cc12. The summed E-state index contributed by atoms with van der Waals surface area (Å²) in [6.07, 6.45) is -1.46. The number of nitrogens with two attached hydrogens (primary N) is 1. The van der Waals surface area contributed by atoms with Gasteiger partial charge in [0.15, 0.2) is 0 Å². The van der Waals surface area contributed by atoms with Crippen LogP contribution in [0.4, 0.5) is 18.9 Å². The number of nitrogens with zero attached hydrogens (tertiary/aromatic N) is 2. The van der Waals surface area contributed by atoms with Crippen LogP contribution in [0.3, 0.4) is 0 Å². The number of rotatable bonds is 4. The first kappa shape index (κ1) is 19.4. The summed E-state index contributed by atoms with van der Waals surface area (Å²) >= 11 is 5.76. The van der Waals surface area contributed by atoms with Gasteiger partial charge in [-0.15, -0.1) is 0 Å². The van der Waals surface area contributed by atoms with E-state index in [0.29, 0.717) is 16.3 Å². The fourth-order valence-electron chi connectivity index (χ4n) is 3.13. The predicted octanol–water partition coefficient (Wildman–Crippen LogP) is 4.69. The van der Waals surface area contributed by atoms with E-state index in [2.05, 4.69) is 15.3 Å². The highest BCUT2D eigenvalue weighted by Gasteiger charge is 2.36. The second-order valence-corrected chi connectivity index (χ2v) is 7.42. The molecule has 0 spiro atoms. The van der Waals surface area contributed by atoms with Crippen LogP contribution in [0.25, 0.3) is 10.9 Å². The van der Waals surface area contributed by atoms with Crippen LogP contribution in [-0.4, -0.2) is 15.9 Å². The van der Waals surface area contributed by atoms with E-state index in [9.17, 15) is 18.0 Å². The Kier molecular flexibility index (Phi) is 4.82. The molecule has 29 heavy (non-hydrogen) atoms. The minimum absolute atomic E-state index is 0.0718. The number of fused-ring (bicyclic) bond motifs is 1. The second-order valence-electron chi connectivity index (χ2n) is 6.98. The number of alkyl halides is 3. The van der Waals surface area contributed by atoms with Crippen LogP contribution < -0.4 is 11.1 Å². The minimum Gasteiger partial charge on any atom is -0.398 e. The van der Waals surface area contributed by atoms with Gasteiger partial charge in [-0.25, -0.2) is 4.98 Å². The van der Waals surface area contributed by atoms with Crippen molar-refractivity contribution in [3.63, 3.8) is 0 Å². The molecule has 0 radical (unpaired) electrons. The Labute approximate surface area is 169 Å². The van der Waals surface area contributed by atoms with Gasteiger partial charge in [0, 0.05) is 17.3 Å². The summed E-state index contributed by atoms with van der Waals surface area (Å²) in [6, 6.07) is 7.31. The van der Waals surface area contributed by atoms with Gasteiger partial charge in [-0.2, -0.15) is 13.2 Å². The van der Waals surface area contributed by atoms with E-state index in [0.717, 1.165) is 18.9 Å². The number of halogens is 4. The van der Waals surface area contributed by atoms with E-state index in [4.69, 9.17) is 17.3 Å². The fraction of sp³-hybridized carbons (Fsp3) is 0.250. The number of pyridine rings is 2. The van der Waals surface area contributed by atoms with Gasteiger partial charge in [-0.05, 0) is 54.7 Å². The molecule has 1 aromatic carbocycles. The molecule has 1 aliphatic carbocycles. The normalized spacial score (nSPS) is 14.2. The van der Waals surface area contributed by atoms with E-state index in [1.165, 1.54) is 12.3 Å². The summed E-state index contributed by atoms with van der Waals surface area (Å²) in [5.41, 5.74) is 5.85. The molecule has 0 saturated heterocycles. The molecule has 0 unspecified atom stereocenters. The fourth-order valence-corrected chi connectivity index (χ4v) is 3.24. The molecule has 1 aliphatic rings. The average Bonchev–Trinajstić information content (AvgIpc) is 3.51. The van der Waals surface area contributed by atoms with Crippen molar-refractivity contribution < 1.29 is 18.0 Å². The largest absolute Gasteiger partial charge is 0.418 e. The van der Waals surface area contributed by atoms with Gasteiger partial charge < -0.3 is 11.1 Å². The first-order valence-corrected chi connectivity index (χ1v) is 9.30. The van der Waals surface area contributed by atoms with Crippen LogP contribution in [0.15, 0.2) is 36.5 Å². The van der Waals surface area contributed by atoms with Crippen molar-refractivity contribution in [3.05, 3.63) is 64.1 Å². The van der Waals surface area contributed by atoms with E-state index >= 15 is 0 Å². The van der Waals surface area contributed by atoms with Crippen LogP contribution in [0.1, 0.15) is 46.1 Å². The molecule has 2 aromatic heterocycles. The van der Waals surface area contributed by atoms with E-state index in [1.54, 1.807) is 18.2 Å². The molecule has 0 bridgehead atoms. The zero-order valence-electron chi connectivity index (χ0n) is 15.1. The smallest absolute Gasteiger partial charge is 0.398 e. The number of amides is 1. The lowest BCUT2D eigenvalue weighted by Crippen LogP contribution is -2.24. The van der Waals surface area contributed by atoms with Crippen molar-refractivity contribution in [2.75, 3.05) is 5.73 Å². The predicted molar refractivity (Wildman–Crippen MR) is 104 cm³/mol. The molecule has 4 rings (SSSR count). The molecular weight excluding hydrogens is 405 g/mol. The summed E-state index contributed by atoms with van der Waals surface area (Å²) in [5, 5.41) is 3.24. The zero-order valence-corrected chi connectivity index (χ0v) is 15.8. The third-order valence-corrected chi connectivity index (χ3v) is 5.00. The number of carbonyl (C=O) groups excluding carboxylic acids is 1. The molecule has 5 nitrogen and oxygen atoms in total. The highest BCUT2D eigenvalue weighted by atomic mass is 35.5. The average molecular weight is 421 g/mol. The molecule has 3 aromatic rings. The van der Waals surface area contributed by atoms with Gasteiger partial charge in [-0.1, -0.05) is 11.6 Å². The molecule has 3 N–H and O–H groups in total. The highest BCUT2D eigenvalue weighted by molar-refractivity contribution is 6.30. The van der Waals surface area contributed by atoms with Crippen LogP contribution >= 0.6 is 11.6 Å². The minimum atomic E-state index is -4.61. The van der Waals surface area contributed by atoms with Crippen LogP contribution in [0.2, 0.25) is 5.02 Å². The van der Waals surface area contributed by atoms with E-state index in [-0.39, 0.29) is 34.7 Å². The molecule has 0 atom stereocenters. The maximum Gasteiger partial charge on any atom is 0.418 e. The Morgan fingerprint density at radius 3 is 2.62 bits per heavy atom. The summed E-state index contributed by atoms with van der Waals surface area (Å²) in [5.74, 6) is -0.524. The molecule has 1 fully saturated rings. The molecule has 1 saturated carbocycles. The number of anilines is 1. The Morgan fingerprint density at radius 2 is 2.00 bits per heavy atom. The van der Waals surface area contributed by atoms with Crippen molar-refractivity contribution in [1.29, 1.82) is 0 Å². The number of carbonyl (C=O) groups is 1. The number of nitrogens with one attached hydrogen (secondary N) is 1. The van der Waals surface area contributed by atoms with Crippen LogP contribution in [-0.2, 0) is 12.7 Å². The van der Waals surface area contributed by atoms with Crippen LogP contribution in [0, 0.1) is 0 Å². The maximum absolute atomic E-state index is 13.6. The topological polar surface area (TPSA) is 80.9 Å². The van der Waals surface area contributed by atoms with Gasteiger partial charge in [0.05, 0.1) is 28.3 Å². The summed E-state index contributed by atoms with van der Waals surface area (Å²) in [6.45, 7) is 0.0718. The van der Waals surface area contributed by atoms with Crippen molar-refractivity contribution >= 4 is 34.1 Å². The highest BCUT2D eigenvalue weighted by Crippen LogP contribution is 2.45. The van der Waals surface area contributed by atoms with Crippen molar-refractivity contribution in [1.82, 2.24) is 15.3 Å². The van der Waals surface area contributed by atoms with Crippen molar-refractivity contribution in [2.24, 2.45) is 0 Å². The molecule has 0 aliphatic heterocycles. The molecule has 1 amide bonds. The lowest BCUT2D eigenvalue weighted by atomic mass is 10.00. The van der Waals surface area contributed by atoms with Gasteiger partial charge >= 0.3 is 6.18 Å². The first-order chi connectivity index (χ1) is 13.7. The van der Waals surface area contributed by atoms with Gasteiger partial charge in [-0.3, -0.25) is 9.78 Å².